The van der Waals surface area contributed by atoms with Crippen LogP contribution in [-0.2, 0) is 4.79 Å². The van der Waals surface area contributed by atoms with Crippen LogP contribution in [0.1, 0.15) is 29.7 Å². The van der Waals surface area contributed by atoms with E-state index in [-0.39, 0.29) is 41.2 Å². The molecule has 1 unspecified atom stereocenters. The van der Waals surface area contributed by atoms with Crippen LogP contribution in [-0.4, -0.2) is 30.1 Å². The number of pyridine rings is 1. The van der Waals surface area contributed by atoms with Gasteiger partial charge in [-0.15, -0.1) is 0 Å². The fourth-order valence-corrected chi connectivity index (χ4v) is 3.64. The molecule has 0 aliphatic carbocycles. The number of fused-ring (bicyclic) bond motifs is 1. The molecule has 0 bridgehead atoms. The van der Waals surface area contributed by atoms with Crippen LogP contribution in [0.5, 0.6) is 11.5 Å². The Balaban J connectivity index is 2.22. The van der Waals surface area contributed by atoms with Crippen molar-refractivity contribution in [2.75, 3.05) is 30.0 Å². The van der Waals surface area contributed by atoms with Crippen LogP contribution in [0.3, 0.4) is 0 Å². The van der Waals surface area contributed by atoms with E-state index in [4.69, 9.17) is 31.9 Å². The van der Waals surface area contributed by atoms with E-state index in [1.807, 2.05) is 6.07 Å². The number of guanidine groups is 1. The summed E-state index contributed by atoms with van der Waals surface area (Å²) in [6.45, 7) is 1.77. The van der Waals surface area contributed by atoms with Crippen LogP contribution in [0.15, 0.2) is 21.6 Å². The highest BCUT2D eigenvalue weighted by Gasteiger charge is 2.31. The highest BCUT2D eigenvalue weighted by atomic mass is 79.9. The number of rotatable bonds is 6. The van der Waals surface area contributed by atoms with Gasteiger partial charge in [-0.3, -0.25) is 10.1 Å². The van der Waals surface area contributed by atoms with Crippen LogP contribution >= 0.6 is 15.9 Å². The SMILES string of the molecule is CCOc1cc(C2N=C(NC#N)Nc3nc(N)c(C#N)c(N)c32)c(Br)cc1OCC(N)=O. The third-order valence-electron chi connectivity index (χ3n) is 4.38. The van der Waals surface area contributed by atoms with E-state index in [0.717, 1.165) is 0 Å². The Morgan fingerprint density at radius 2 is 2.03 bits per heavy atom. The van der Waals surface area contributed by atoms with E-state index in [1.165, 1.54) is 0 Å². The molecule has 13 heteroatoms. The van der Waals surface area contributed by atoms with Crippen molar-refractivity contribution in [3.63, 3.8) is 0 Å². The van der Waals surface area contributed by atoms with Crippen LogP contribution < -0.4 is 37.3 Å². The van der Waals surface area contributed by atoms with Gasteiger partial charge in [0.1, 0.15) is 29.3 Å². The molecule has 0 radical (unpaired) electrons. The predicted molar refractivity (Wildman–Crippen MR) is 119 cm³/mol. The van der Waals surface area contributed by atoms with Gasteiger partial charge >= 0.3 is 0 Å². The zero-order valence-electron chi connectivity index (χ0n) is 16.8. The summed E-state index contributed by atoms with van der Waals surface area (Å²) in [6, 6.07) is 4.41. The quantitative estimate of drug-likeness (QED) is 0.281. The summed E-state index contributed by atoms with van der Waals surface area (Å²) in [5, 5.41) is 23.8. The highest BCUT2D eigenvalue weighted by molar-refractivity contribution is 9.10. The van der Waals surface area contributed by atoms with Gasteiger partial charge < -0.3 is 32.0 Å². The summed E-state index contributed by atoms with van der Waals surface area (Å²) in [7, 11) is 0. The molecule has 0 spiro atoms. The lowest BCUT2D eigenvalue weighted by Gasteiger charge is -2.27. The first-order valence-corrected chi connectivity index (χ1v) is 9.96. The van der Waals surface area contributed by atoms with Crippen LogP contribution in [0.4, 0.5) is 17.3 Å². The molecule has 32 heavy (non-hydrogen) atoms. The predicted octanol–water partition coefficient (Wildman–Crippen LogP) is 1.08. The molecule has 2 aromatic rings. The van der Waals surface area contributed by atoms with Gasteiger partial charge in [0.25, 0.3) is 5.91 Å². The summed E-state index contributed by atoms with van der Waals surface area (Å²) in [5.74, 6) is 0.278. The number of hydrogen-bond acceptors (Lipinski definition) is 11. The average Bonchev–Trinajstić information content (AvgIpc) is 2.73. The lowest BCUT2D eigenvalue weighted by Crippen LogP contribution is -2.32. The molecule has 1 aliphatic rings. The Bertz CT molecular complexity index is 1200. The molecular weight excluding hydrogens is 482 g/mol. The molecule has 164 valence electrons. The Morgan fingerprint density at radius 3 is 2.66 bits per heavy atom. The second kappa shape index (κ2) is 9.28. The highest BCUT2D eigenvalue weighted by Crippen LogP contribution is 2.45. The largest absolute Gasteiger partial charge is 0.490 e. The second-order valence-corrected chi connectivity index (χ2v) is 7.26. The molecule has 1 aliphatic heterocycles. The molecule has 1 amide bonds. The fourth-order valence-electron chi connectivity index (χ4n) is 3.10. The maximum absolute atomic E-state index is 11.1. The maximum atomic E-state index is 11.1. The van der Waals surface area contributed by atoms with Gasteiger partial charge in [0.15, 0.2) is 24.3 Å². The minimum absolute atomic E-state index is 0.0185. The molecule has 0 saturated heterocycles. The van der Waals surface area contributed by atoms with E-state index < -0.39 is 11.9 Å². The topological polar surface area (TPSA) is 210 Å². The number of nitrogens with zero attached hydrogens (tertiary/aromatic N) is 4. The Kier molecular flexibility index (Phi) is 6.51. The molecule has 0 fully saturated rings. The molecule has 12 nitrogen and oxygen atoms in total. The Labute approximate surface area is 191 Å². The lowest BCUT2D eigenvalue weighted by atomic mass is 9.95. The zero-order chi connectivity index (χ0) is 23.4. The number of halogens is 1. The van der Waals surface area contributed by atoms with Crippen molar-refractivity contribution < 1.29 is 14.3 Å². The number of aromatic nitrogens is 1. The molecule has 3 rings (SSSR count). The van der Waals surface area contributed by atoms with Gasteiger partial charge in [0, 0.05) is 10.0 Å². The Morgan fingerprint density at radius 1 is 1.31 bits per heavy atom. The van der Waals surface area contributed by atoms with Gasteiger partial charge in [-0.25, -0.2) is 9.98 Å². The number of ether oxygens (including phenoxy) is 2. The number of nitrogens with two attached hydrogens (primary N) is 3. The number of nitrogen functional groups attached to an aromatic ring is 2. The monoisotopic (exact) mass is 499 g/mol. The number of amides is 1. The van der Waals surface area contributed by atoms with E-state index in [1.54, 1.807) is 25.2 Å². The van der Waals surface area contributed by atoms with Gasteiger partial charge in [0.05, 0.1) is 12.3 Å². The third-order valence-corrected chi connectivity index (χ3v) is 5.07. The fraction of sp³-hybridized carbons (Fsp3) is 0.211. The number of carbonyl (C=O) groups excluding carboxylic acids is 1. The van der Waals surface area contributed by atoms with E-state index in [9.17, 15) is 10.1 Å². The molecule has 1 aromatic carbocycles. The lowest BCUT2D eigenvalue weighted by molar-refractivity contribution is -0.119. The number of anilines is 3. The first kappa shape index (κ1) is 22.5. The third kappa shape index (κ3) is 4.28. The minimum Gasteiger partial charge on any atom is -0.490 e. The van der Waals surface area contributed by atoms with Crippen molar-refractivity contribution in [2.24, 2.45) is 10.7 Å². The zero-order valence-corrected chi connectivity index (χ0v) is 18.4. The van der Waals surface area contributed by atoms with Gasteiger partial charge in [-0.1, -0.05) is 15.9 Å². The van der Waals surface area contributed by atoms with Crippen molar-refractivity contribution >= 4 is 45.1 Å². The summed E-state index contributed by atoms with van der Waals surface area (Å²) in [6.07, 6.45) is 1.79. The summed E-state index contributed by atoms with van der Waals surface area (Å²) in [5.41, 5.74) is 18.4. The molecule has 1 atom stereocenters. The van der Waals surface area contributed by atoms with Crippen LogP contribution in [0.25, 0.3) is 0 Å². The number of nitriles is 2. The van der Waals surface area contributed by atoms with Crippen molar-refractivity contribution in [1.82, 2.24) is 10.3 Å². The van der Waals surface area contributed by atoms with E-state index in [0.29, 0.717) is 28.0 Å². The minimum atomic E-state index is -0.791. The van der Waals surface area contributed by atoms with Gasteiger partial charge in [-0.2, -0.15) is 10.5 Å². The number of nitrogens with one attached hydrogen (secondary N) is 2. The van der Waals surface area contributed by atoms with Crippen molar-refractivity contribution in [2.45, 2.75) is 13.0 Å². The van der Waals surface area contributed by atoms with Crippen LogP contribution in [0.2, 0.25) is 0 Å². The molecule has 2 heterocycles. The smallest absolute Gasteiger partial charge is 0.255 e. The number of primary amides is 1. The first-order valence-electron chi connectivity index (χ1n) is 9.16. The summed E-state index contributed by atoms with van der Waals surface area (Å²) < 4.78 is 11.6. The number of aliphatic imine (C=N–C) groups is 1. The normalized spacial score (nSPS) is 14.1. The second-order valence-electron chi connectivity index (χ2n) is 6.41. The molecule has 1 aromatic heterocycles. The van der Waals surface area contributed by atoms with E-state index in [2.05, 4.69) is 36.5 Å². The first-order chi connectivity index (χ1) is 15.3. The standard InChI is InChI=1S/C19H18BrN9O3/c1-2-31-11-3-8(10(20)4-12(11)32-6-13(23)30)16-14-15(24)9(5-21)17(25)28-18(14)29-19(27-16)26-7-22/h3-4,16H,2,6H2,1H3,(H2,23,30)(H6,24,25,26,27,28,29). The summed E-state index contributed by atoms with van der Waals surface area (Å²) in [4.78, 5) is 19.9. The maximum Gasteiger partial charge on any atom is 0.255 e. The number of carbonyl (C=O) groups is 1. The number of benzene rings is 1. The van der Waals surface area contributed by atoms with Gasteiger partial charge in [-0.05, 0) is 24.6 Å². The molecule has 0 saturated carbocycles. The van der Waals surface area contributed by atoms with Crippen molar-refractivity contribution in [3.8, 4) is 23.8 Å². The van der Waals surface area contributed by atoms with Gasteiger partial charge in [0.2, 0.25) is 5.96 Å². The van der Waals surface area contributed by atoms with Crippen molar-refractivity contribution in [1.29, 1.82) is 10.5 Å². The molecular formula is C19H18BrN9O3. The van der Waals surface area contributed by atoms with Crippen LogP contribution in [0, 0.1) is 22.8 Å². The van der Waals surface area contributed by atoms with E-state index >= 15 is 0 Å². The van der Waals surface area contributed by atoms with Crippen molar-refractivity contribution in [3.05, 3.63) is 33.3 Å². The number of hydrogen-bond donors (Lipinski definition) is 5. The Hall–Kier alpha value is -4.23. The summed E-state index contributed by atoms with van der Waals surface area (Å²) >= 11 is 3.48. The molecule has 8 N–H and O–H groups in total. The average molecular weight is 500 g/mol.